The van der Waals surface area contributed by atoms with Crippen LogP contribution in [0.25, 0.3) is 0 Å². The maximum Gasteiger partial charge on any atom is 0.266 e. The molecule has 0 N–H and O–H groups in total. The average Bonchev–Trinajstić information content (AvgIpc) is 3.40. The van der Waals surface area contributed by atoms with Crippen LogP contribution in [0.1, 0.15) is 60.8 Å². The van der Waals surface area contributed by atoms with E-state index in [1.807, 2.05) is 36.1 Å². The number of hydrogen-bond donors (Lipinski definition) is 0. The standard InChI is InChI=1S/C30H41N2OPS3/c1-7-20(3)19-25(34)23(6)32-29(33)27(37-30(32)35)17-11-9-10-12-18-28-31(22(5)21(4)8-2)24-15-13-14-16-26(24)36-28/h9-18,20-23,25H,7-8,19,34H2,1-6H3/b11-9+,12-10+,27-17-,28-18+. The molecule has 2 aliphatic rings. The van der Waals surface area contributed by atoms with Crippen LogP contribution in [0.15, 0.2) is 75.6 Å². The molecule has 3 nitrogen and oxygen atoms in total. The lowest BCUT2D eigenvalue weighted by Gasteiger charge is -2.32. The Bertz CT molecular complexity index is 1100. The Kier molecular flexibility index (Phi) is 11.6. The SMILES string of the molecule is CCC(C)CC(P)C(C)N1C(=O)/C(=C/C=C/C=C/C=C2/Sc3ccccc3N2C(C)C(C)CC)SC1=S. The van der Waals surface area contributed by atoms with Crippen molar-refractivity contribution in [3.8, 4) is 0 Å². The van der Waals surface area contributed by atoms with Crippen LogP contribution in [-0.4, -0.2) is 32.9 Å². The molecule has 1 aromatic rings. The van der Waals surface area contributed by atoms with Gasteiger partial charge in [-0.05, 0) is 62.0 Å². The predicted molar refractivity (Wildman–Crippen MR) is 172 cm³/mol. The number of carbonyl (C=O) groups is 1. The fourth-order valence-electron chi connectivity index (χ4n) is 4.43. The third-order valence-electron chi connectivity index (χ3n) is 7.49. The lowest BCUT2D eigenvalue weighted by Crippen LogP contribution is -2.42. The number of benzene rings is 1. The van der Waals surface area contributed by atoms with E-state index in [0.717, 1.165) is 19.3 Å². The van der Waals surface area contributed by atoms with Crippen molar-refractivity contribution in [2.75, 3.05) is 4.90 Å². The van der Waals surface area contributed by atoms with Gasteiger partial charge < -0.3 is 4.90 Å². The summed E-state index contributed by atoms with van der Waals surface area (Å²) in [5, 5.41) is 1.25. The molecule has 0 aromatic heterocycles. The van der Waals surface area contributed by atoms with Crippen molar-refractivity contribution in [3.63, 3.8) is 0 Å². The van der Waals surface area contributed by atoms with E-state index < -0.39 is 0 Å². The molecule has 2 heterocycles. The molecule has 6 unspecified atom stereocenters. The molecular weight excluding hydrogens is 532 g/mol. The monoisotopic (exact) mass is 572 g/mol. The van der Waals surface area contributed by atoms with E-state index in [-0.39, 0.29) is 11.9 Å². The van der Waals surface area contributed by atoms with Gasteiger partial charge in [0.2, 0.25) is 0 Å². The quantitative estimate of drug-likeness (QED) is 0.114. The summed E-state index contributed by atoms with van der Waals surface area (Å²) >= 11 is 8.79. The lowest BCUT2D eigenvalue weighted by atomic mass is 9.99. The van der Waals surface area contributed by atoms with E-state index in [4.69, 9.17) is 12.2 Å². The van der Waals surface area contributed by atoms with Crippen LogP contribution < -0.4 is 4.90 Å². The molecule has 6 atom stereocenters. The molecule has 0 aliphatic carbocycles. The van der Waals surface area contributed by atoms with E-state index >= 15 is 0 Å². The number of thioether (sulfide) groups is 2. The van der Waals surface area contributed by atoms with Crippen LogP contribution in [0.5, 0.6) is 0 Å². The third-order valence-corrected chi connectivity index (χ3v) is 10.8. The maximum absolute atomic E-state index is 13.1. The Morgan fingerprint density at radius 3 is 2.27 bits per heavy atom. The van der Waals surface area contributed by atoms with Crippen LogP contribution >= 0.6 is 45.0 Å². The largest absolute Gasteiger partial charge is 0.332 e. The first-order chi connectivity index (χ1) is 17.7. The number of nitrogens with zero attached hydrogens (tertiary/aromatic N) is 2. The molecule has 1 saturated heterocycles. The summed E-state index contributed by atoms with van der Waals surface area (Å²) in [5.41, 5.74) is 1.62. The van der Waals surface area contributed by atoms with Crippen molar-refractivity contribution in [1.29, 1.82) is 0 Å². The van der Waals surface area contributed by atoms with Crippen molar-refractivity contribution in [1.82, 2.24) is 4.90 Å². The lowest BCUT2D eigenvalue weighted by molar-refractivity contribution is -0.123. The highest BCUT2D eigenvalue weighted by atomic mass is 32.2. The molecule has 1 aromatic carbocycles. The molecule has 3 rings (SSSR count). The van der Waals surface area contributed by atoms with Gasteiger partial charge in [-0.15, -0.1) is 9.24 Å². The second kappa shape index (κ2) is 14.2. The van der Waals surface area contributed by atoms with E-state index in [1.165, 1.54) is 27.4 Å². The second-order valence-electron chi connectivity index (χ2n) is 10.1. The summed E-state index contributed by atoms with van der Waals surface area (Å²) < 4.78 is 0.655. The van der Waals surface area contributed by atoms with Crippen LogP contribution in [0.2, 0.25) is 0 Å². The first-order valence-corrected chi connectivity index (χ1v) is 16.0. The zero-order valence-electron chi connectivity index (χ0n) is 22.9. The number of hydrogen-bond acceptors (Lipinski definition) is 5. The normalized spacial score (nSPS) is 22.5. The summed E-state index contributed by atoms with van der Waals surface area (Å²) in [6, 6.07) is 9.13. The van der Waals surface area contributed by atoms with Crippen molar-refractivity contribution < 1.29 is 4.79 Å². The highest BCUT2D eigenvalue weighted by molar-refractivity contribution is 8.26. The van der Waals surface area contributed by atoms with Crippen molar-refractivity contribution in [2.24, 2.45) is 11.8 Å². The van der Waals surface area contributed by atoms with Gasteiger partial charge in [-0.25, -0.2) is 0 Å². The van der Waals surface area contributed by atoms with Crippen LogP contribution in [0.3, 0.4) is 0 Å². The number of carbonyl (C=O) groups excluding carboxylic acids is 1. The van der Waals surface area contributed by atoms with E-state index in [9.17, 15) is 4.79 Å². The fraction of sp³-hybridized carbons (Fsp3) is 0.467. The Morgan fingerprint density at radius 2 is 1.59 bits per heavy atom. The number of anilines is 1. The topological polar surface area (TPSA) is 23.6 Å². The Labute approximate surface area is 240 Å². The highest BCUT2D eigenvalue weighted by Gasteiger charge is 2.37. The van der Waals surface area contributed by atoms with Crippen LogP contribution in [0, 0.1) is 11.8 Å². The molecule has 0 saturated carbocycles. The van der Waals surface area contributed by atoms with Gasteiger partial charge in [0.15, 0.2) is 0 Å². The molecule has 1 fully saturated rings. The number of thiocarbonyl (C=S) groups is 1. The molecule has 7 heteroatoms. The Morgan fingerprint density at radius 1 is 0.919 bits per heavy atom. The summed E-state index contributed by atoms with van der Waals surface area (Å²) in [6.45, 7) is 13.5. The molecule has 0 spiro atoms. The summed E-state index contributed by atoms with van der Waals surface area (Å²) in [6.07, 6.45) is 15.4. The van der Waals surface area contributed by atoms with Gasteiger partial charge >= 0.3 is 0 Å². The Hall–Kier alpha value is -1.33. The molecule has 200 valence electrons. The van der Waals surface area contributed by atoms with Gasteiger partial charge in [0.1, 0.15) is 4.32 Å². The zero-order valence-corrected chi connectivity index (χ0v) is 26.5. The van der Waals surface area contributed by atoms with Gasteiger partial charge in [-0.3, -0.25) is 9.69 Å². The average molecular weight is 573 g/mol. The predicted octanol–water partition coefficient (Wildman–Crippen LogP) is 8.80. The van der Waals surface area contributed by atoms with Gasteiger partial charge in [-0.1, -0.05) is 113 Å². The zero-order chi connectivity index (χ0) is 27.1. The summed E-state index contributed by atoms with van der Waals surface area (Å²) in [5.74, 6) is 1.24. The number of rotatable bonds is 11. The van der Waals surface area contributed by atoms with Crippen molar-refractivity contribution in [3.05, 3.63) is 70.7 Å². The van der Waals surface area contributed by atoms with E-state index in [2.05, 4.69) is 92.1 Å². The van der Waals surface area contributed by atoms with Crippen molar-refractivity contribution in [2.45, 2.75) is 83.4 Å². The molecule has 2 aliphatic heterocycles. The second-order valence-corrected chi connectivity index (χ2v) is 13.7. The maximum atomic E-state index is 13.1. The number of para-hydroxylation sites is 1. The fourth-order valence-corrected chi connectivity index (χ4v) is 7.60. The molecule has 37 heavy (non-hydrogen) atoms. The van der Waals surface area contributed by atoms with Crippen LogP contribution in [0.4, 0.5) is 5.69 Å². The van der Waals surface area contributed by atoms with E-state index in [0.29, 0.717) is 32.8 Å². The Balaban J connectivity index is 1.66. The minimum absolute atomic E-state index is 0.0182. The molecule has 0 radical (unpaired) electrons. The molecular formula is C30H41N2OPS3. The first-order valence-electron chi connectivity index (χ1n) is 13.3. The molecule has 0 bridgehead atoms. The van der Waals surface area contributed by atoms with Crippen LogP contribution in [-0.2, 0) is 4.79 Å². The minimum Gasteiger partial charge on any atom is -0.332 e. The smallest absolute Gasteiger partial charge is 0.266 e. The summed E-state index contributed by atoms with van der Waals surface area (Å²) in [4.78, 5) is 19.3. The van der Waals surface area contributed by atoms with Gasteiger partial charge in [-0.2, -0.15) is 0 Å². The van der Waals surface area contributed by atoms with E-state index in [1.54, 1.807) is 4.90 Å². The summed E-state index contributed by atoms with van der Waals surface area (Å²) in [7, 11) is 2.92. The van der Waals surface area contributed by atoms with Gasteiger partial charge in [0.25, 0.3) is 5.91 Å². The third kappa shape index (κ3) is 7.41. The number of allylic oxidation sites excluding steroid dienone is 6. The molecule has 1 amide bonds. The van der Waals surface area contributed by atoms with Gasteiger partial charge in [0, 0.05) is 17.0 Å². The minimum atomic E-state index is 0.0182. The van der Waals surface area contributed by atoms with Crippen molar-refractivity contribution >= 4 is 60.9 Å². The number of amides is 1. The van der Waals surface area contributed by atoms with Gasteiger partial charge in [0.05, 0.1) is 15.6 Å². The number of fused-ring (bicyclic) bond motifs is 1. The highest BCUT2D eigenvalue weighted by Crippen LogP contribution is 2.48. The first kappa shape index (κ1) is 30.2.